The smallest absolute Gasteiger partial charge is 0.309 e. The van der Waals surface area contributed by atoms with Gasteiger partial charge in [0.1, 0.15) is 11.9 Å². The molecule has 1 unspecified atom stereocenters. The third-order valence-corrected chi connectivity index (χ3v) is 4.98. The number of piperidine rings is 1. The Hall–Kier alpha value is -2.11. The highest BCUT2D eigenvalue weighted by molar-refractivity contribution is 5.81. The Morgan fingerprint density at radius 1 is 1.39 bits per heavy atom. The molecule has 0 radical (unpaired) electrons. The number of nitrogens with zero attached hydrogens (tertiary/aromatic N) is 3. The van der Waals surface area contributed by atoms with Gasteiger partial charge in [0.05, 0.1) is 5.92 Å². The number of carboxylic acids is 1. The van der Waals surface area contributed by atoms with Gasteiger partial charge in [-0.25, -0.2) is 4.98 Å². The molecule has 2 heterocycles. The summed E-state index contributed by atoms with van der Waals surface area (Å²) in [4.78, 5) is 30.4. The van der Waals surface area contributed by atoms with Gasteiger partial charge in [-0.1, -0.05) is 12.2 Å². The molecule has 1 aliphatic heterocycles. The van der Waals surface area contributed by atoms with E-state index in [0.717, 1.165) is 19.3 Å². The van der Waals surface area contributed by atoms with E-state index in [1.54, 1.807) is 17.3 Å². The summed E-state index contributed by atoms with van der Waals surface area (Å²) in [5.74, 6) is -0.326. The fourth-order valence-corrected chi connectivity index (χ4v) is 3.71. The van der Waals surface area contributed by atoms with Crippen molar-refractivity contribution in [3.8, 4) is 0 Å². The lowest BCUT2D eigenvalue weighted by Gasteiger charge is -2.40. The Morgan fingerprint density at radius 2 is 2.22 bits per heavy atom. The molecule has 2 aliphatic rings. The van der Waals surface area contributed by atoms with E-state index < -0.39 is 17.9 Å². The zero-order valence-electron chi connectivity index (χ0n) is 13.4. The van der Waals surface area contributed by atoms with Gasteiger partial charge in [0, 0.05) is 32.4 Å². The summed E-state index contributed by atoms with van der Waals surface area (Å²) < 4.78 is 1.83. The van der Waals surface area contributed by atoms with Gasteiger partial charge < -0.3 is 14.6 Å². The van der Waals surface area contributed by atoms with Gasteiger partial charge in [0.15, 0.2) is 0 Å². The van der Waals surface area contributed by atoms with Crippen molar-refractivity contribution in [2.24, 2.45) is 18.9 Å². The summed E-state index contributed by atoms with van der Waals surface area (Å²) in [6, 6.07) is -0.473. The van der Waals surface area contributed by atoms with E-state index in [4.69, 9.17) is 0 Å². The summed E-state index contributed by atoms with van der Waals surface area (Å²) in [6.45, 7) is 0.616. The minimum atomic E-state index is -0.848. The number of aromatic nitrogens is 2. The number of likely N-dealkylation sites (tertiary alicyclic amines) is 1. The zero-order chi connectivity index (χ0) is 16.4. The molecule has 1 aromatic rings. The third kappa shape index (κ3) is 3.16. The maximum Gasteiger partial charge on any atom is 0.309 e. The van der Waals surface area contributed by atoms with E-state index in [1.807, 2.05) is 11.6 Å². The lowest BCUT2D eigenvalue weighted by Crippen LogP contribution is -2.48. The standard InChI is InChI=1S/C17H23N3O3/c1-19-10-9-18-16(19)15-13(17(22)23)7-8-14(21)20(15)11-12-5-3-2-4-6-12/h2-3,9-10,12-13,15H,4-8,11H2,1H3,(H,22,23)/t12?,13-,15-/m0/s1. The predicted octanol–water partition coefficient (Wildman–Crippen LogP) is 2.14. The van der Waals surface area contributed by atoms with Crippen molar-refractivity contribution in [2.45, 2.75) is 38.1 Å². The number of carbonyl (C=O) groups is 2. The Bertz CT molecular complexity index is 622. The van der Waals surface area contributed by atoms with Crippen molar-refractivity contribution in [2.75, 3.05) is 6.54 Å². The summed E-state index contributed by atoms with van der Waals surface area (Å²) in [6.07, 6.45) is 11.5. The monoisotopic (exact) mass is 317 g/mol. The van der Waals surface area contributed by atoms with Gasteiger partial charge in [-0.3, -0.25) is 9.59 Å². The van der Waals surface area contributed by atoms with Crippen LogP contribution in [0.25, 0.3) is 0 Å². The van der Waals surface area contributed by atoms with E-state index in [1.165, 1.54) is 0 Å². The number of hydrogen-bond donors (Lipinski definition) is 1. The number of aryl methyl sites for hydroxylation is 1. The first-order chi connectivity index (χ1) is 11.1. The number of rotatable bonds is 4. The number of amides is 1. The summed E-state index contributed by atoms with van der Waals surface area (Å²) in [5.41, 5.74) is 0. The normalized spacial score (nSPS) is 28.1. The number of hydrogen-bond acceptors (Lipinski definition) is 3. The number of imidazole rings is 1. The van der Waals surface area contributed by atoms with E-state index in [2.05, 4.69) is 17.1 Å². The van der Waals surface area contributed by atoms with Crippen LogP contribution < -0.4 is 0 Å². The van der Waals surface area contributed by atoms with E-state index in [9.17, 15) is 14.7 Å². The van der Waals surface area contributed by atoms with Crippen molar-refractivity contribution >= 4 is 11.9 Å². The Balaban J connectivity index is 1.91. The van der Waals surface area contributed by atoms with Crippen molar-refractivity contribution < 1.29 is 14.7 Å². The molecule has 6 heteroatoms. The second-order valence-electron chi connectivity index (χ2n) is 6.52. The molecule has 1 saturated heterocycles. The first kappa shape index (κ1) is 15.8. The van der Waals surface area contributed by atoms with Gasteiger partial charge in [0.25, 0.3) is 0 Å². The number of aliphatic carboxylic acids is 1. The Morgan fingerprint density at radius 3 is 2.83 bits per heavy atom. The van der Waals surface area contributed by atoms with Crippen molar-refractivity contribution in [1.29, 1.82) is 0 Å². The molecule has 3 atom stereocenters. The average Bonchev–Trinajstić information content (AvgIpc) is 2.95. The first-order valence-corrected chi connectivity index (χ1v) is 8.22. The molecule has 124 valence electrons. The number of carboxylic acid groups (broad SMARTS) is 1. The van der Waals surface area contributed by atoms with Crippen LogP contribution in [-0.4, -0.2) is 38.0 Å². The van der Waals surface area contributed by atoms with E-state index in [-0.39, 0.29) is 5.91 Å². The summed E-state index contributed by atoms with van der Waals surface area (Å²) in [5, 5.41) is 9.62. The van der Waals surface area contributed by atoms with Gasteiger partial charge in [-0.05, 0) is 31.6 Å². The van der Waals surface area contributed by atoms with Gasteiger partial charge in [-0.2, -0.15) is 0 Å². The van der Waals surface area contributed by atoms with Crippen molar-refractivity contribution in [3.05, 3.63) is 30.4 Å². The Labute approximate surface area is 135 Å². The second kappa shape index (κ2) is 6.56. The van der Waals surface area contributed by atoms with E-state index >= 15 is 0 Å². The molecule has 0 bridgehead atoms. The molecule has 0 spiro atoms. The van der Waals surface area contributed by atoms with Crippen LogP contribution in [-0.2, 0) is 16.6 Å². The minimum absolute atomic E-state index is 0.0463. The minimum Gasteiger partial charge on any atom is -0.481 e. The molecule has 0 aromatic carbocycles. The van der Waals surface area contributed by atoms with Crippen LogP contribution in [0.3, 0.4) is 0 Å². The quantitative estimate of drug-likeness (QED) is 0.863. The highest BCUT2D eigenvalue weighted by Gasteiger charge is 2.43. The molecule has 0 saturated carbocycles. The van der Waals surface area contributed by atoms with Crippen LogP contribution in [0, 0.1) is 11.8 Å². The van der Waals surface area contributed by atoms with Gasteiger partial charge in [-0.15, -0.1) is 0 Å². The zero-order valence-corrected chi connectivity index (χ0v) is 13.4. The lowest BCUT2D eigenvalue weighted by atomic mass is 9.85. The van der Waals surface area contributed by atoms with Gasteiger partial charge >= 0.3 is 5.97 Å². The molecule has 23 heavy (non-hydrogen) atoms. The predicted molar refractivity (Wildman–Crippen MR) is 84.5 cm³/mol. The number of allylic oxidation sites excluding steroid dienone is 2. The van der Waals surface area contributed by atoms with Crippen LogP contribution in [0.15, 0.2) is 24.5 Å². The van der Waals surface area contributed by atoms with Crippen molar-refractivity contribution in [3.63, 3.8) is 0 Å². The van der Waals surface area contributed by atoms with Crippen LogP contribution in [0.2, 0.25) is 0 Å². The summed E-state index contributed by atoms with van der Waals surface area (Å²) >= 11 is 0. The average molecular weight is 317 g/mol. The molecule has 3 rings (SSSR count). The first-order valence-electron chi connectivity index (χ1n) is 8.22. The van der Waals surface area contributed by atoms with Crippen molar-refractivity contribution in [1.82, 2.24) is 14.5 Å². The SMILES string of the molecule is Cn1ccnc1[C@@H]1[C@@H](C(=O)O)CCC(=O)N1CC1CC=CCC1. The third-order valence-electron chi connectivity index (χ3n) is 4.98. The molecular formula is C17H23N3O3. The van der Waals surface area contributed by atoms with E-state index in [0.29, 0.717) is 31.1 Å². The van der Waals surface area contributed by atoms with Crippen LogP contribution in [0.1, 0.15) is 44.0 Å². The lowest BCUT2D eigenvalue weighted by molar-refractivity contribution is -0.153. The second-order valence-corrected chi connectivity index (χ2v) is 6.52. The van der Waals surface area contributed by atoms with Crippen LogP contribution in [0.4, 0.5) is 0 Å². The Kier molecular flexibility index (Phi) is 4.50. The molecule has 1 aliphatic carbocycles. The molecule has 1 N–H and O–H groups in total. The topological polar surface area (TPSA) is 75.4 Å². The number of carbonyl (C=O) groups excluding carboxylic acids is 1. The van der Waals surface area contributed by atoms with Crippen LogP contribution >= 0.6 is 0 Å². The largest absolute Gasteiger partial charge is 0.481 e. The molecule has 1 aromatic heterocycles. The maximum atomic E-state index is 12.5. The van der Waals surface area contributed by atoms with Crippen LogP contribution in [0.5, 0.6) is 0 Å². The fraction of sp³-hybridized carbons (Fsp3) is 0.588. The summed E-state index contributed by atoms with van der Waals surface area (Å²) in [7, 11) is 1.85. The molecule has 6 nitrogen and oxygen atoms in total. The molecular weight excluding hydrogens is 294 g/mol. The highest BCUT2D eigenvalue weighted by atomic mass is 16.4. The molecule has 1 amide bonds. The maximum absolute atomic E-state index is 12.5. The molecule has 1 fully saturated rings. The fourth-order valence-electron chi connectivity index (χ4n) is 3.71. The highest BCUT2D eigenvalue weighted by Crippen LogP contribution is 2.37. The van der Waals surface area contributed by atoms with Gasteiger partial charge in [0.2, 0.25) is 5.91 Å².